The molecule has 3 nitrogen and oxygen atoms in total. The molecule has 1 aliphatic carbocycles. The van der Waals surface area contributed by atoms with Gasteiger partial charge < -0.3 is 10.6 Å². The molecule has 1 saturated heterocycles. The fourth-order valence-electron chi connectivity index (χ4n) is 3.50. The van der Waals surface area contributed by atoms with Crippen LogP contribution in [0, 0.1) is 11.8 Å². The zero-order chi connectivity index (χ0) is 10.8. The van der Waals surface area contributed by atoms with Crippen molar-refractivity contribution in [1.82, 2.24) is 4.90 Å². The van der Waals surface area contributed by atoms with Crippen molar-refractivity contribution in [2.24, 2.45) is 17.6 Å². The Labute approximate surface area is 92.0 Å². The minimum atomic E-state index is 0.203. The third kappa shape index (κ3) is 2.03. The van der Waals surface area contributed by atoms with Crippen LogP contribution >= 0.6 is 0 Å². The molecule has 1 saturated carbocycles. The molecule has 1 amide bonds. The molecule has 0 aromatic heterocycles. The molecule has 0 aromatic carbocycles. The van der Waals surface area contributed by atoms with Crippen LogP contribution in [-0.2, 0) is 4.79 Å². The molecular formula is C12H22N2O. The zero-order valence-corrected chi connectivity index (χ0v) is 9.61. The van der Waals surface area contributed by atoms with E-state index in [0.29, 0.717) is 18.5 Å². The Bertz CT molecular complexity index is 242. The molecule has 3 heteroatoms. The van der Waals surface area contributed by atoms with Crippen molar-refractivity contribution in [3.63, 3.8) is 0 Å². The van der Waals surface area contributed by atoms with E-state index in [1.165, 1.54) is 32.1 Å². The normalized spacial score (nSPS) is 36.1. The Kier molecular flexibility index (Phi) is 3.29. The highest BCUT2D eigenvalue weighted by molar-refractivity contribution is 5.73. The fourth-order valence-corrected chi connectivity index (χ4v) is 3.50. The van der Waals surface area contributed by atoms with Gasteiger partial charge in [-0.2, -0.15) is 0 Å². The van der Waals surface area contributed by atoms with Gasteiger partial charge in [0, 0.05) is 26.1 Å². The van der Waals surface area contributed by atoms with Gasteiger partial charge >= 0.3 is 0 Å². The largest absolute Gasteiger partial charge is 0.338 e. The van der Waals surface area contributed by atoms with Gasteiger partial charge in [0.15, 0.2) is 0 Å². The molecule has 86 valence electrons. The first kappa shape index (κ1) is 10.9. The SMILES string of the molecule is CC(=O)N1CCC2CCCCC2C1CN. The summed E-state index contributed by atoms with van der Waals surface area (Å²) in [6.07, 6.45) is 6.52. The van der Waals surface area contributed by atoms with Crippen molar-refractivity contribution in [2.75, 3.05) is 13.1 Å². The molecule has 3 atom stereocenters. The molecule has 2 aliphatic rings. The molecule has 15 heavy (non-hydrogen) atoms. The van der Waals surface area contributed by atoms with Crippen molar-refractivity contribution in [3.05, 3.63) is 0 Å². The van der Waals surface area contributed by atoms with Gasteiger partial charge in [-0.25, -0.2) is 0 Å². The van der Waals surface area contributed by atoms with Gasteiger partial charge in [0.2, 0.25) is 5.91 Å². The van der Waals surface area contributed by atoms with Crippen molar-refractivity contribution >= 4 is 5.91 Å². The van der Waals surface area contributed by atoms with Gasteiger partial charge in [-0.05, 0) is 24.7 Å². The van der Waals surface area contributed by atoms with Crippen LogP contribution in [0.1, 0.15) is 39.0 Å². The third-order valence-corrected chi connectivity index (χ3v) is 4.25. The minimum Gasteiger partial charge on any atom is -0.338 e. The van der Waals surface area contributed by atoms with E-state index in [0.717, 1.165) is 12.5 Å². The first-order valence-electron chi connectivity index (χ1n) is 6.21. The van der Waals surface area contributed by atoms with E-state index >= 15 is 0 Å². The number of nitrogens with zero attached hydrogens (tertiary/aromatic N) is 1. The van der Waals surface area contributed by atoms with Crippen molar-refractivity contribution in [3.8, 4) is 0 Å². The summed E-state index contributed by atoms with van der Waals surface area (Å²) in [5, 5.41) is 0. The topological polar surface area (TPSA) is 46.3 Å². The van der Waals surface area contributed by atoms with E-state index < -0.39 is 0 Å². The number of amides is 1. The van der Waals surface area contributed by atoms with Crippen molar-refractivity contribution < 1.29 is 4.79 Å². The summed E-state index contributed by atoms with van der Waals surface area (Å²) in [4.78, 5) is 13.5. The first-order chi connectivity index (χ1) is 7.24. The Balaban J connectivity index is 2.11. The van der Waals surface area contributed by atoms with Crippen LogP contribution in [0.15, 0.2) is 0 Å². The van der Waals surface area contributed by atoms with Gasteiger partial charge in [0.1, 0.15) is 0 Å². The molecule has 0 bridgehead atoms. The number of nitrogens with two attached hydrogens (primary N) is 1. The molecule has 3 unspecified atom stereocenters. The van der Waals surface area contributed by atoms with E-state index in [9.17, 15) is 4.79 Å². The molecule has 0 radical (unpaired) electrons. The monoisotopic (exact) mass is 210 g/mol. The standard InChI is InChI=1S/C12H22N2O/c1-9(15)14-7-6-10-4-2-3-5-11(10)12(14)8-13/h10-12H,2-8,13H2,1H3. The van der Waals surface area contributed by atoms with Crippen LogP contribution < -0.4 is 5.73 Å². The highest BCUT2D eigenvalue weighted by atomic mass is 16.2. The van der Waals surface area contributed by atoms with Gasteiger partial charge in [0.25, 0.3) is 0 Å². The minimum absolute atomic E-state index is 0.203. The number of piperidine rings is 1. The molecule has 2 rings (SSSR count). The molecule has 1 aliphatic heterocycles. The fraction of sp³-hybridized carbons (Fsp3) is 0.917. The second kappa shape index (κ2) is 4.52. The van der Waals surface area contributed by atoms with Crippen LogP contribution in [0.3, 0.4) is 0 Å². The lowest BCUT2D eigenvalue weighted by Gasteiger charge is -2.47. The predicted octanol–water partition coefficient (Wildman–Crippen LogP) is 1.37. The average molecular weight is 210 g/mol. The Morgan fingerprint density at radius 1 is 1.33 bits per heavy atom. The third-order valence-electron chi connectivity index (χ3n) is 4.25. The van der Waals surface area contributed by atoms with E-state index in [4.69, 9.17) is 5.73 Å². The highest BCUT2D eigenvalue weighted by Crippen LogP contribution is 2.39. The van der Waals surface area contributed by atoms with Gasteiger partial charge in [0.05, 0.1) is 0 Å². The van der Waals surface area contributed by atoms with E-state index in [1.54, 1.807) is 6.92 Å². The van der Waals surface area contributed by atoms with Gasteiger partial charge in [-0.15, -0.1) is 0 Å². The van der Waals surface area contributed by atoms with Gasteiger partial charge in [-0.3, -0.25) is 4.79 Å². The summed E-state index contributed by atoms with van der Waals surface area (Å²) in [5.74, 6) is 1.72. The lowest BCUT2D eigenvalue weighted by molar-refractivity contribution is -0.135. The van der Waals surface area contributed by atoms with Crippen LogP contribution in [0.5, 0.6) is 0 Å². The van der Waals surface area contributed by atoms with Crippen LogP contribution in [0.2, 0.25) is 0 Å². The smallest absolute Gasteiger partial charge is 0.219 e. The molecule has 2 fully saturated rings. The number of carbonyl (C=O) groups excluding carboxylic acids is 1. The van der Waals surface area contributed by atoms with Crippen LogP contribution in [-0.4, -0.2) is 29.9 Å². The summed E-state index contributed by atoms with van der Waals surface area (Å²) in [5.41, 5.74) is 5.84. The molecule has 1 heterocycles. The second-order valence-corrected chi connectivity index (χ2v) is 5.01. The van der Waals surface area contributed by atoms with E-state index in [2.05, 4.69) is 0 Å². The predicted molar refractivity (Wildman–Crippen MR) is 60.3 cm³/mol. The molecular weight excluding hydrogens is 188 g/mol. The first-order valence-corrected chi connectivity index (χ1v) is 6.21. The van der Waals surface area contributed by atoms with E-state index in [-0.39, 0.29) is 5.91 Å². The summed E-state index contributed by atoms with van der Waals surface area (Å²) < 4.78 is 0. The van der Waals surface area contributed by atoms with Crippen LogP contribution in [0.25, 0.3) is 0 Å². The quantitative estimate of drug-likeness (QED) is 0.710. The average Bonchev–Trinajstić information content (AvgIpc) is 2.27. The number of hydrogen-bond donors (Lipinski definition) is 1. The van der Waals surface area contributed by atoms with Crippen molar-refractivity contribution in [1.29, 1.82) is 0 Å². The second-order valence-electron chi connectivity index (χ2n) is 5.01. The lowest BCUT2D eigenvalue weighted by atomic mass is 9.71. The number of hydrogen-bond acceptors (Lipinski definition) is 2. The van der Waals surface area contributed by atoms with Crippen molar-refractivity contribution in [2.45, 2.75) is 45.1 Å². The van der Waals surface area contributed by atoms with Gasteiger partial charge in [-0.1, -0.05) is 19.3 Å². The highest BCUT2D eigenvalue weighted by Gasteiger charge is 2.39. The van der Waals surface area contributed by atoms with E-state index in [1.807, 2.05) is 4.90 Å². The summed E-state index contributed by atoms with van der Waals surface area (Å²) in [6, 6.07) is 0.321. The number of carbonyl (C=O) groups is 1. The maximum Gasteiger partial charge on any atom is 0.219 e. The van der Waals surface area contributed by atoms with Crippen LogP contribution in [0.4, 0.5) is 0 Å². The number of fused-ring (bicyclic) bond motifs is 1. The Hall–Kier alpha value is -0.570. The molecule has 0 aromatic rings. The Morgan fingerprint density at radius 3 is 2.73 bits per heavy atom. The zero-order valence-electron chi connectivity index (χ0n) is 9.61. The number of rotatable bonds is 1. The lowest BCUT2D eigenvalue weighted by Crippen LogP contribution is -2.54. The summed E-state index contributed by atoms with van der Waals surface area (Å²) in [6.45, 7) is 3.24. The number of likely N-dealkylation sites (tertiary alicyclic amines) is 1. The maximum absolute atomic E-state index is 11.5. The molecule has 2 N–H and O–H groups in total. The maximum atomic E-state index is 11.5. The Morgan fingerprint density at radius 2 is 2.07 bits per heavy atom. The molecule has 0 spiro atoms. The summed E-state index contributed by atoms with van der Waals surface area (Å²) >= 11 is 0. The summed E-state index contributed by atoms with van der Waals surface area (Å²) in [7, 11) is 0.